The zero-order valence-corrected chi connectivity index (χ0v) is 10.2. The van der Waals surface area contributed by atoms with Crippen LogP contribution in [-0.2, 0) is 9.59 Å². The molecule has 0 bridgehead atoms. The van der Waals surface area contributed by atoms with Crippen LogP contribution < -0.4 is 0 Å². The molecule has 1 aromatic heterocycles. The number of nitrogens with zero attached hydrogens (tertiary/aromatic N) is 4. The lowest BCUT2D eigenvalue weighted by Gasteiger charge is -2.34. The van der Waals surface area contributed by atoms with Crippen molar-refractivity contribution in [1.82, 2.24) is 19.7 Å². The Morgan fingerprint density at radius 1 is 1.44 bits per heavy atom. The fraction of sp³-hybridized carbons (Fsp3) is 0.636. The second-order valence-corrected chi connectivity index (χ2v) is 4.43. The summed E-state index contributed by atoms with van der Waals surface area (Å²) in [7, 11) is 0. The van der Waals surface area contributed by atoms with Crippen LogP contribution in [0.5, 0.6) is 0 Å². The maximum atomic E-state index is 12.3. The van der Waals surface area contributed by atoms with Crippen molar-refractivity contribution in [1.29, 1.82) is 0 Å². The summed E-state index contributed by atoms with van der Waals surface area (Å²) in [6, 6.07) is -1.23. The lowest BCUT2D eigenvalue weighted by atomic mass is 10.0. The molecule has 2 heterocycles. The largest absolute Gasteiger partial charge is 0.480 e. The van der Waals surface area contributed by atoms with Crippen molar-refractivity contribution in [3.8, 4) is 0 Å². The summed E-state index contributed by atoms with van der Waals surface area (Å²) in [5, 5.41) is 13.1. The summed E-state index contributed by atoms with van der Waals surface area (Å²) in [4.78, 5) is 28.7. The Morgan fingerprint density at radius 2 is 2.22 bits per heavy atom. The van der Waals surface area contributed by atoms with Crippen LogP contribution in [0.25, 0.3) is 0 Å². The summed E-state index contributed by atoms with van der Waals surface area (Å²) >= 11 is 0. The smallest absolute Gasteiger partial charge is 0.326 e. The zero-order valence-electron chi connectivity index (χ0n) is 10.2. The van der Waals surface area contributed by atoms with Gasteiger partial charge in [0.15, 0.2) is 0 Å². The molecule has 0 saturated carbocycles. The van der Waals surface area contributed by atoms with E-state index in [4.69, 9.17) is 5.11 Å². The van der Waals surface area contributed by atoms with E-state index in [0.29, 0.717) is 13.0 Å². The Morgan fingerprint density at radius 3 is 2.83 bits per heavy atom. The molecule has 0 aromatic carbocycles. The van der Waals surface area contributed by atoms with Gasteiger partial charge in [0.1, 0.15) is 24.7 Å². The number of rotatable bonds is 3. The first kappa shape index (κ1) is 12.5. The highest BCUT2D eigenvalue weighted by Gasteiger charge is 2.34. The average molecular weight is 252 g/mol. The minimum Gasteiger partial charge on any atom is -0.480 e. The molecular formula is C11H16N4O3. The number of carbonyl (C=O) groups is 2. The Kier molecular flexibility index (Phi) is 3.59. The maximum Gasteiger partial charge on any atom is 0.326 e. The maximum absolute atomic E-state index is 12.3. The number of aliphatic carboxylic acids is 1. The molecular weight excluding hydrogens is 236 g/mol. The van der Waals surface area contributed by atoms with E-state index in [-0.39, 0.29) is 5.91 Å². The summed E-state index contributed by atoms with van der Waals surface area (Å²) in [5.41, 5.74) is 0. The van der Waals surface area contributed by atoms with E-state index in [1.54, 1.807) is 6.92 Å². The molecule has 1 amide bonds. The van der Waals surface area contributed by atoms with Gasteiger partial charge in [-0.25, -0.2) is 14.5 Å². The number of carboxylic acids is 1. The van der Waals surface area contributed by atoms with Gasteiger partial charge in [0, 0.05) is 6.54 Å². The third-order valence-electron chi connectivity index (χ3n) is 3.26. The van der Waals surface area contributed by atoms with Gasteiger partial charge in [-0.05, 0) is 26.2 Å². The molecule has 1 aliphatic heterocycles. The van der Waals surface area contributed by atoms with E-state index in [0.717, 1.165) is 12.8 Å². The zero-order chi connectivity index (χ0) is 13.1. The highest BCUT2D eigenvalue weighted by atomic mass is 16.4. The molecule has 7 nitrogen and oxygen atoms in total. The number of amides is 1. The van der Waals surface area contributed by atoms with Crippen molar-refractivity contribution in [3.63, 3.8) is 0 Å². The first-order valence-corrected chi connectivity index (χ1v) is 5.98. The highest BCUT2D eigenvalue weighted by molar-refractivity contribution is 5.86. The summed E-state index contributed by atoms with van der Waals surface area (Å²) in [6.07, 6.45) is 5.03. The minimum atomic E-state index is -0.936. The molecule has 98 valence electrons. The number of hydrogen-bond acceptors (Lipinski definition) is 4. The first-order chi connectivity index (χ1) is 8.61. The van der Waals surface area contributed by atoms with E-state index < -0.39 is 18.1 Å². The van der Waals surface area contributed by atoms with E-state index >= 15 is 0 Å². The summed E-state index contributed by atoms with van der Waals surface area (Å²) < 4.78 is 1.44. The standard InChI is InChI=1S/C11H16N4O3/c1-8(15-7-12-6-13-15)10(16)14-5-3-2-4-9(14)11(17)18/h6-9H,2-5H2,1H3,(H,17,18)/t8-,9+/m0/s1. The molecule has 2 atom stereocenters. The van der Waals surface area contributed by atoms with Gasteiger partial charge >= 0.3 is 5.97 Å². The molecule has 18 heavy (non-hydrogen) atoms. The normalized spacial score (nSPS) is 21.6. The topological polar surface area (TPSA) is 88.3 Å². The van der Waals surface area contributed by atoms with Crippen molar-refractivity contribution in [3.05, 3.63) is 12.7 Å². The molecule has 7 heteroatoms. The lowest BCUT2D eigenvalue weighted by molar-refractivity contribution is -0.153. The molecule has 0 spiro atoms. The third kappa shape index (κ3) is 2.34. The Labute approximate surface area is 104 Å². The van der Waals surface area contributed by atoms with Gasteiger partial charge in [-0.3, -0.25) is 4.79 Å². The molecule has 2 rings (SSSR count). The minimum absolute atomic E-state index is 0.215. The lowest BCUT2D eigenvalue weighted by Crippen LogP contribution is -2.50. The summed E-state index contributed by atoms with van der Waals surface area (Å²) in [5.74, 6) is -1.15. The Bertz CT molecular complexity index is 432. The van der Waals surface area contributed by atoms with Crippen molar-refractivity contribution in [2.24, 2.45) is 0 Å². The van der Waals surface area contributed by atoms with E-state index in [1.807, 2.05) is 0 Å². The number of aromatic nitrogens is 3. The van der Waals surface area contributed by atoms with Crippen LogP contribution in [0.1, 0.15) is 32.2 Å². The molecule has 0 radical (unpaired) electrons. The SMILES string of the molecule is C[C@@H](C(=O)N1CCCC[C@@H]1C(=O)O)n1cncn1. The molecule has 1 aromatic rings. The van der Waals surface area contributed by atoms with Crippen molar-refractivity contribution >= 4 is 11.9 Å². The molecule has 1 saturated heterocycles. The first-order valence-electron chi connectivity index (χ1n) is 5.98. The second-order valence-electron chi connectivity index (χ2n) is 4.43. The van der Waals surface area contributed by atoms with Gasteiger partial charge in [-0.2, -0.15) is 5.10 Å². The van der Waals surface area contributed by atoms with E-state index in [1.165, 1.54) is 22.2 Å². The van der Waals surface area contributed by atoms with Crippen molar-refractivity contribution < 1.29 is 14.7 Å². The number of hydrogen-bond donors (Lipinski definition) is 1. The van der Waals surface area contributed by atoms with Crippen LogP contribution in [0, 0.1) is 0 Å². The predicted octanol–water partition coefficient (Wildman–Crippen LogP) is 0.305. The van der Waals surface area contributed by atoms with E-state index in [2.05, 4.69) is 10.1 Å². The Balaban J connectivity index is 2.13. The fourth-order valence-electron chi connectivity index (χ4n) is 2.22. The van der Waals surface area contributed by atoms with Crippen LogP contribution in [0.3, 0.4) is 0 Å². The molecule has 1 aliphatic rings. The van der Waals surface area contributed by atoms with E-state index in [9.17, 15) is 9.59 Å². The van der Waals surface area contributed by atoms with Gasteiger partial charge < -0.3 is 10.0 Å². The Hall–Kier alpha value is -1.92. The summed E-state index contributed by atoms with van der Waals surface area (Å²) in [6.45, 7) is 2.19. The van der Waals surface area contributed by atoms with Gasteiger partial charge in [-0.1, -0.05) is 0 Å². The highest BCUT2D eigenvalue weighted by Crippen LogP contribution is 2.20. The van der Waals surface area contributed by atoms with Gasteiger partial charge in [0.25, 0.3) is 0 Å². The predicted molar refractivity (Wildman–Crippen MR) is 61.7 cm³/mol. The third-order valence-corrected chi connectivity index (χ3v) is 3.26. The van der Waals surface area contributed by atoms with Gasteiger partial charge in [-0.15, -0.1) is 0 Å². The van der Waals surface area contributed by atoms with Gasteiger partial charge in [0.2, 0.25) is 5.91 Å². The quantitative estimate of drug-likeness (QED) is 0.836. The van der Waals surface area contributed by atoms with Crippen LogP contribution in [0.15, 0.2) is 12.7 Å². The number of carbonyl (C=O) groups excluding carboxylic acids is 1. The fourth-order valence-corrected chi connectivity index (χ4v) is 2.22. The average Bonchev–Trinajstić information content (AvgIpc) is 2.90. The van der Waals surface area contributed by atoms with Crippen LogP contribution in [0.2, 0.25) is 0 Å². The van der Waals surface area contributed by atoms with Crippen LogP contribution >= 0.6 is 0 Å². The molecule has 1 fully saturated rings. The van der Waals surface area contributed by atoms with Gasteiger partial charge in [0.05, 0.1) is 0 Å². The monoisotopic (exact) mass is 252 g/mol. The number of carboxylic acid groups (broad SMARTS) is 1. The number of piperidine rings is 1. The second kappa shape index (κ2) is 5.16. The number of likely N-dealkylation sites (tertiary alicyclic amines) is 1. The molecule has 0 unspecified atom stereocenters. The van der Waals surface area contributed by atoms with Crippen molar-refractivity contribution in [2.75, 3.05) is 6.54 Å². The van der Waals surface area contributed by atoms with Crippen molar-refractivity contribution in [2.45, 2.75) is 38.3 Å². The van der Waals surface area contributed by atoms with Crippen LogP contribution in [-0.4, -0.2) is 49.2 Å². The molecule has 1 N–H and O–H groups in total. The van der Waals surface area contributed by atoms with Crippen LogP contribution in [0.4, 0.5) is 0 Å². The molecule has 0 aliphatic carbocycles.